The molecular formula is C100H128N10O23S. The maximum absolute atomic E-state index is 12.5. The Kier molecular flexibility index (Phi) is 44.2. The molecule has 2 fully saturated rings. The number of hydrogen-bond donors (Lipinski definition) is 2. The molecule has 2 saturated heterocycles. The van der Waals surface area contributed by atoms with Crippen LogP contribution in [0.1, 0.15) is 87.7 Å². The van der Waals surface area contributed by atoms with Crippen molar-refractivity contribution in [3.8, 4) is 57.5 Å². The lowest BCUT2D eigenvalue weighted by atomic mass is 10.1. The number of nitrogens with two attached hydrogens (primary N) is 1. The smallest absolute Gasteiger partial charge is 0.259 e. The first-order valence-corrected chi connectivity index (χ1v) is 45.9. The Balaban J connectivity index is 0.000000207. The molecule has 33 nitrogen and oxygen atoms in total. The topological polar surface area (TPSA) is 363 Å². The van der Waals surface area contributed by atoms with E-state index in [1.807, 2.05) is 109 Å². The molecule has 722 valence electrons. The average Bonchev–Trinajstić information content (AvgIpc) is 0.842. The monoisotopic (exact) mass is 1870 g/mol. The molecule has 7 aliphatic rings. The van der Waals surface area contributed by atoms with E-state index in [-0.39, 0.29) is 53.8 Å². The van der Waals surface area contributed by atoms with Crippen molar-refractivity contribution >= 4 is 93.6 Å². The summed E-state index contributed by atoms with van der Waals surface area (Å²) in [4.78, 5) is 119. The van der Waals surface area contributed by atoms with Crippen molar-refractivity contribution in [1.82, 2.24) is 43.9 Å². The van der Waals surface area contributed by atoms with Crippen LogP contribution in [0.15, 0.2) is 151 Å². The lowest BCUT2D eigenvalue weighted by Gasteiger charge is -2.26. The minimum atomic E-state index is -3.84. The molecule has 0 aromatic heterocycles. The van der Waals surface area contributed by atoms with Crippen molar-refractivity contribution in [2.45, 2.75) is 66.7 Å². The van der Waals surface area contributed by atoms with Crippen molar-refractivity contribution in [2.75, 3.05) is 208 Å². The van der Waals surface area contributed by atoms with Crippen LogP contribution < -0.4 is 58.4 Å². The van der Waals surface area contributed by atoms with Gasteiger partial charge in [-0.05, 0) is 259 Å². The zero-order valence-corrected chi connectivity index (χ0v) is 79.9. The van der Waals surface area contributed by atoms with E-state index in [2.05, 4.69) is 15.1 Å². The van der Waals surface area contributed by atoms with Crippen molar-refractivity contribution in [3.05, 3.63) is 207 Å². The molecule has 0 atom stereocenters. The lowest BCUT2D eigenvalue weighted by molar-refractivity contribution is -0.140. The average molecular weight is 1870 g/mol. The Labute approximate surface area is 786 Å². The molecule has 7 heterocycles. The minimum Gasteiger partial charge on any atom is -0.493 e. The SMILES string of the molecule is CNCCOc1c(C)cc(/C=C/C(=O)N2CCC=CC2=O)cc1OC.COc1cc(/C=C/C(=O)N2CCC=CC2=O)cc(C)c1OCCN.COc1cc(/C=C/C(=O)N2CCC=CC2=O)cc(C)c1OCCN(C)C.COc1cc(/C=C/C(=O)N2CCC=CC2=O)cc(C)c1OCCN1CCOCC1.COc1cc(/C=C/S(=O)(=O)N2CCC=CC2=O)cc(C)c1OCCN1CCOCC1. The summed E-state index contributed by atoms with van der Waals surface area (Å²) in [6, 6.07) is 18.5. The van der Waals surface area contributed by atoms with Crippen molar-refractivity contribution in [2.24, 2.45) is 5.73 Å². The standard InChI is InChI=1S/C22H28N2O5.C21H28N2O6S.C20H26N2O4.C19H24N2O4.C18H22N2O4/c1-17-15-18(6-7-21(26)24-8-4-3-5-20(24)25)16-19(27-2)22(17)29-14-11-23-9-12-28-13-10-23;1-17-15-18(6-14-30(25,26)23-7-4-3-5-20(23)24)16-19(27-2)21(17)29-13-10-22-8-11-28-12-9-22;1-15-13-16(8-9-19(24)22-10-6-5-7-18(22)23)14-17(25-4)20(15)26-12-11-21(2)3;1-14-12-15(13-16(24-3)19(14)25-11-9-20-2)7-8-18(23)21-10-5-4-6-17(21)22;1-13-11-14(12-15(23-2)18(13)24-10-8-19)6-7-17(22)20-9-4-3-5-16(20)21/h3,5-7,15-16H,4,8-14H2,1-2H3;3,5-6,14-16H,4,7-13H2,1-2H3;5,7-9,13-14H,6,10-12H2,1-4H3;4,6-8,12-13,20H,5,9-11H2,1-3H3;3,5-7,11-12H,4,8-10,19H2,1-2H3/b7-6+;14-6+;9-8+;8-7+;7-6+. The first-order chi connectivity index (χ1) is 64.5. The Morgan fingerprint density at radius 2 is 0.664 bits per heavy atom. The van der Waals surface area contributed by atoms with Gasteiger partial charge in [-0.2, -0.15) is 0 Å². The molecule has 0 radical (unpaired) electrons. The third-order valence-corrected chi connectivity index (χ3v) is 22.8. The van der Waals surface area contributed by atoms with Crippen LogP contribution in [-0.4, -0.2) is 308 Å². The van der Waals surface area contributed by atoms with E-state index in [9.17, 15) is 51.6 Å². The second kappa shape index (κ2) is 55.6. The molecule has 9 amide bonds. The highest BCUT2D eigenvalue weighted by Gasteiger charge is 2.28. The van der Waals surface area contributed by atoms with E-state index >= 15 is 0 Å². The van der Waals surface area contributed by atoms with E-state index in [0.29, 0.717) is 161 Å². The van der Waals surface area contributed by atoms with Crippen LogP contribution in [0.4, 0.5) is 0 Å². The number of hydrogen-bond acceptors (Lipinski definition) is 28. The lowest BCUT2D eigenvalue weighted by Crippen LogP contribution is -2.38. The van der Waals surface area contributed by atoms with E-state index in [4.69, 9.17) is 62.6 Å². The molecule has 134 heavy (non-hydrogen) atoms. The van der Waals surface area contributed by atoms with Gasteiger partial charge in [0.2, 0.25) is 0 Å². The number of carbonyl (C=O) groups excluding carboxylic acids is 9. The number of nitrogens with one attached hydrogen (secondary N) is 1. The van der Waals surface area contributed by atoms with Crippen LogP contribution in [0, 0.1) is 34.6 Å². The van der Waals surface area contributed by atoms with Crippen molar-refractivity contribution < 1.29 is 108 Å². The van der Waals surface area contributed by atoms with Crippen LogP contribution in [0.3, 0.4) is 0 Å². The summed E-state index contributed by atoms with van der Waals surface area (Å²) in [5.41, 5.74) is 13.8. The maximum atomic E-state index is 12.5. The van der Waals surface area contributed by atoms with Crippen LogP contribution in [-0.2, 0) is 62.6 Å². The normalized spacial score (nSPS) is 15.9. The van der Waals surface area contributed by atoms with Crippen LogP contribution in [0.2, 0.25) is 0 Å². The minimum absolute atomic E-state index is 0.153. The van der Waals surface area contributed by atoms with E-state index in [0.717, 1.165) is 139 Å². The van der Waals surface area contributed by atoms with Crippen LogP contribution >= 0.6 is 0 Å². The van der Waals surface area contributed by atoms with Gasteiger partial charge >= 0.3 is 0 Å². The maximum Gasteiger partial charge on any atom is 0.259 e. The number of methoxy groups -OCH3 is 5. The van der Waals surface area contributed by atoms with Crippen LogP contribution in [0.25, 0.3) is 30.4 Å². The molecule has 12 rings (SSSR count). The number of morpholine rings is 2. The highest BCUT2D eigenvalue weighted by atomic mass is 32.2. The van der Waals surface area contributed by atoms with Gasteiger partial charge in [0.25, 0.3) is 63.2 Å². The largest absolute Gasteiger partial charge is 0.493 e. The van der Waals surface area contributed by atoms with Crippen molar-refractivity contribution in [1.29, 1.82) is 0 Å². The number of ether oxygens (including phenoxy) is 12. The fraction of sp³-hybridized carbons (Fsp3) is 0.410. The van der Waals surface area contributed by atoms with Gasteiger partial charge in [0.15, 0.2) is 57.5 Å². The summed E-state index contributed by atoms with van der Waals surface area (Å²) < 4.78 is 92.8. The van der Waals surface area contributed by atoms with Gasteiger partial charge in [0, 0.05) is 122 Å². The van der Waals surface area contributed by atoms with E-state index < -0.39 is 15.9 Å². The highest BCUT2D eigenvalue weighted by Crippen LogP contribution is 2.38. The molecular weight excluding hydrogens is 1740 g/mol. The number of likely N-dealkylation sites (N-methyl/N-ethyl adjacent to an activating group) is 2. The summed E-state index contributed by atoms with van der Waals surface area (Å²) in [6.45, 7) is 24.2. The highest BCUT2D eigenvalue weighted by molar-refractivity contribution is 7.92. The number of amides is 9. The second-order valence-corrected chi connectivity index (χ2v) is 33.3. The molecule has 0 aliphatic carbocycles. The molecule has 5 aromatic carbocycles. The quantitative estimate of drug-likeness (QED) is 0.0281. The van der Waals surface area contributed by atoms with Gasteiger partial charge in [0.1, 0.15) is 33.0 Å². The summed E-state index contributed by atoms with van der Waals surface area (Å²) >= 11 is 0. The Hall–Kier alpha value is -12.8. The molecule has 0 bridgehead atoms. The molecule has 7 aliphatic heterocycles. The molecule has 3 N–H and O–H groups in total. The van der Waals surface area contributed by atoms with Crippen LogP contribution in [0.5, 0.6) is 57.5 Å². The molecule has 0 saturated carbocycles. The molecule has 0 spiro atoms. The first-order valence-electron chi connectivity index (χ1n) is 44.4. The fourth-order valence-electron chi connectivity index (χ4n) is 14.3. The second-order valence-electron chi connectivity index (χ2n) is 31.6. The predicted molar refractivity (Wildman–Crippen MR) is 514 cm³/mol. The fourth-order valence-corrected chi connectivity index (χ4v) is 15.4. The summed E-state index contributed by atoms with van der Waals surface area (Å²) in [5.74, 6) is 3.43. The third-order valence-electron chi connectivity index (χ3n) is 21.3. The Morgan fingerprint density at radius 3 is 0.940 bits per heavy atom. The summed E-state index contributed by atoms with van der Waals surface area (Å²) in [7, 11) is 9.87. The Bertz CT molecular complexity index is 5310. The van der Waals surface area contributed by atoms with E-state index in [1.165, 1.54) is 80.4 Å². The van der Waals surface area contributed by atoms with Gasteiger partial charge in [-0.1, -0.05) is 30.4 Å². The number of aryl methyl sites for hydroxylation is 5. The van der Waals surface area contributed by atoms with Gasteiger partial charge in [-0.3, -0.25) is 72.6 Å². The Morgan fingerprint density at radius 1 is 0.388 bits per heavy atom. The third kappa shape index (κ3) is 33.4. The zero-order valence-electron chi connectivity index (χ0n) is 79.1. The van der Waals surface area contributed by atoms with Gasteiger partial charge < -0.3 is 72.8 Å². The predicted octanol–water partition coefficient (Wildman–Crippen LogP) is 9.72. The number of imide groups is 4. The van der Waals surface area contributed by atoms with Crippen molar-refractivity contribution in [3.63, 3.8) is 0 Å². The molecule has 34 heteroatoms. The first kappa shape index (κ1) is 107. The molecule has 5 aromatic rings. The zero-order chi connectivity index (χ0) is 97.1. The number of rotatable bonds is 35. The van der Waals surface area contributed by atoms with E-state index in [1.54, 1.807) is 102 Å². The molecule has 0 unspecified atom stereocenters. The van der Waals surface area contributed by atoms with Gasteiger partial charge in [0.05, 0.1) is 67.4 Å². The number of benzene rings is 5. The summed E-state index contributed by atoms with van der Waals surface area (Å²) in [5, 5.41) is 4.08. The van der Waals surface area contributed by atoms with Gasteiger partial charge in [-0.25, -0.2) is 12.7 Å². The van der Waals surface area contributed by atoms with Gasteiger partial charge in [-0.15, -0.1) is 0 Å². The number of sulfonamides is 1. The summed E-state index contributed by atoms with van der Waals surface area (Å²) in [6.07, 6.45) is 32.9. The number of carbonyl (C=O) groups is 9. The number of nitrogens with zero attached hydrogens (tertiary/aromatic N) is 8.